The normalized spacial score (nSPS) is 16.9. The maximum atomic E-state index is 5.87. The van der Waals surface area contributed by atoms with Gasteiger partial charge in [0.15, 0.2) is 5.96 Å². The van der Waals surface area contributed by atoms with Crippen LogP contribution in [0.5, 0.6) is 0 Å². The summed E-state index contributed by atoms with van der Waals surface area (Å²) in [7, 11) is 1.84. The summed E-state index contributed by atoms with van der Waals surface area (Å²) >= 11 is 0. The summed E-state index contributed by atoms with van der Waals surface area (Å²) in [6.07, 6.45) is 5.82. The molecule has 2 N–H and O–H groups in total. The van der Waals surface area contributed by atoms with Gasteiger partial charge >= 0.3 is 0 Å². The van der Waals surface area contributed by atoms with Crippen molar-refractivity contribution in [2.45, 2.75) is 45.1 Å². The van der Waals surface area contributed by atoms with Gasteiger partial charge in [0.1, 0.15) is 11.3 Å². The van der Waals surface area contributed by atoms with Crippen molar-refractivity contribution in [3.63, 3.8) is 0 Å². The third-order valence-electron chi connectivity index (χ3n) is 5.12. The van der Waals surface area contributed by atoms with E-state index in [1.807, 2.05) is 25.2 Å². The molecule has 1 aliphatic rings. The molecule has 26 heavy (non-hydrogen) atoms. The van der Waals surface area contributed by atoms with Crippen molar-refractivity contribution in [2.75, 3.05) is 33.2 Å². The van der Waals surface area contributed by atoms with Crippen LogP contribution in [0.3, 0.4) is 0 Å². The minimum atomic E-state index is 0.519. The van der Waals surface area contributed by atoms with Crippen LogP contribution in [0.15, 0.2) is 39.7 Å². The maximum absolute atomic E-state index is 5.87. The topological polar surface area (TPSA) is 52.8 Å². The molecule has 0 spiro atoms. The lowest BCUT2D eigenvalue weighted by Crippen LogP contribution is -2.49. The highest BCUT2D eigenvalue weighted by Gasteiger charge is 2.19. The molecule has 5 heteroatoms. The molecule has 1 saturated heterocycles. The van der Waals surface area contributed by atoms with E-state index in [-0.39, 0.29) is 0 Å². The van der Waals surface area contributed by atoms with Gasteiger partial charge in [0, 0.05) is 44.5 Å². The van der Waals surface area contributed by atoms with Crippen LogP contribution < -0.4 is 10.6 Å². The van der Waals surface area contributed by atoms with Crippen LogP contribution in [0.4, 0.5) is 0 Å². The van der Waals surface area contributed by atoms with E-state index in [1.54, 1.807) is 0 Å². The fourth-order valence-corrected chi connectivity index (χ4v) is 3.53. The first kappa shape index (κ1) is 18.8. The molecule has 1 aromatic heterocycles. The number of nitrogens with zero attached hydrogens (tertiary/aromatic N) is 2. The van der Waals surface area contributed by atoms with Gasteiger partial charge in [0.05, 0.1) is 0 Å². The molecule has 0 bridgehead atoms. The molecule has 0 unspecified atom stereocenters. The lowest BCUT2D eigenvalue weighted by atomic mass is 10.0. The van der Waals surface area contributed by atoms with E-state index in [1.165, 1.54) is 50.7 Å². The third-order valence-corrected chi connectivity index (χ3v) is 5.12. The highest BCUT2D eigenvalue weighted by Crippen LogP contribution is 2.18. The molecule has 1 aliphatic heterocycles. The lowest BCUT2D eigenvalue weighted by Gasteiger charge is -2.33. The number of guanidine groups is 1. The van der Waals surface area contributed by atoms with E-state index in [0.29, 0.717) is 6.04 Å². The van der Waals surface area contributed by atoms with Crippen molar-refractivity contribution in [2.24, 2.45) is 4.99 Å². The standard InChI is InChI=1S/C21H32N4O/c1-3-4-13-25-14-10-18(11-15-25)24-21(22-2)23-12-9-19-16-17-7-5-6-8-20(17)26-19/h5-8,16,18H,3-4,9-15H2,1-2H3,(H2,22,23,24). The van der Waals surface area contributed by atoms with Gasteiger partial charge in [0.25, 0.3) is 0 Å². The third kappa shape index (κ3) is 5.24. The van der Waals surface area contributed by atoms with E-state index in [4.69, 9.17) is 4.42 Å². The number of benzene rings is 1. The summed E-state index contributed by atoms with van der Waals surface area (Å²) in [5.41, 5.74) is 0.958. The Hall–Kier alpha value is -2.01. The van der Waals surface area contributed by atoms with Crippen LogP contribution in [0, 0.1) is 0 Å². The Bertz CT molecular complexity index is 668. The van der Waals surface area contributed by atoms with Crippen LogP contribution >= 0.6 is 0 Å². The van der Waals surface area contributed by atoms with E-state index in [2.05, 4.69) is 39.6 Å². The Kier molecular flexibility index (Phi) is 6.95. The van der Waals surface area contributed by atoms with Gasteiger partial charge in [-0.25, -0.2) is 0 Å². The van der Waals surface area contributed by atoms with Crippen LogP contribution in [0.2, 0.25) is 0 Å². The second-order valence-electron chi connectivity index (χ2n) is 7.11. The molecule has 0 radical (unpaired) electrons. The van der Waals surface area contributed by atoms with Gasteiger partial charge < -0.3 is 20.0 Å². The Morgan fingerprint density at radius 2 is 2.08 bits per heavy atom. The van der Waals surface area contributed by atoms with Crippen molar-refractivity contribution in [3.8, 4) is 0 Å². The highest BCUT2D eigenvalue weighted by molar-refractivity contribution is 5.80. The summed E-state index contributed by atoms with van der Waals surface area (Å²) in [6.45, 7) is 6.69. The molecular weight excluding hydrogens is 324 g/mol. The summed E-state index contributed by atoms with van der Waals surface area (Å²) in [6, 6.07) is 10.8. The zero-order chi connectivity index (χ0) is 18.2. The molecule has 0 aliphatic carbocycles. The predicted molar refractivity (Wildman–Crippen MR) is 109 cm³/mol. The number of furan rings is 1. The molecule has 1 aromatic carbocycles. The minimum Gasteiger partial charge on any atom is -0.461 e. The number of para-hydroxylation sites is 1. The van der Waals surface area contributed by atoms with Crippen LogP contribution in [0.25, 0.3) is 11.0 Å². The van der Waals surface area contributed by atoms with Gasteiger partial charge in [-0.2, -0.15) is 0 Å². The fraction of sp³-hybridized carbons (Fsp3) is 0.571. The molecule has 2 aromatic rings. The number of aliphatic imine (C=N–C) groups is 1. The van der Waals surface area contributed by atoms with E-state index >= 15 is 0 Å². The fourth-order valence-electron chi connectivity index (χ4n) is 3.53. The van der Waals surface area contributed by atoms with Gasteiger partial charge in [-0.15, -0.1) is 0 Å². The first-order valence-electron chi connectivity index (χ1n) is 9.95. The quantitative estimate of drug-likeness (QED) is 0.590. The number of nitrogens with one attached hydrogen (secondary N) is 2. The summed E-state index contributed by atoms with van der Waals surface area (Å²) in [5, 5.41) is 8.16. The number of hydrogen-bond donors (Lipinski definition) is 2. The minimum absolute atomic E-state index is 0.519. The Morgan fingerprint density at radius 1 is 1.27 bits per heavy atom. The van der Waals surface area contributed by atoms with Crippen molar-refractivity contribution in [1.82, 2.24) is 15.5 Å². The molecule has 0 saturated carbocycles. The summed E-state index contributed by atoms with van der Waals surface area (Å²) in [5.74, 6) is 1.91. The Morgan fingerprint density at radius 3 is 2.81 bits per heavy atom. The van der Waals surface area contributed by atoms with Crippen molar-refractivity contribution in [3.05, 3.63) is 36.1 Å². The van der Waals surface area contributed by atoms with Crippen molar-refractivity contribution in [1.29, 1.82) is 0 Å². The number of fused-ring (bicyclic) bond motifs is 1. The predicted octanol–water partition coefficient (Wildman–Crippen LogP) is 3.40. The van der Waals surface area contributed by atoms with Crippen LogP contribution in [-0.2, 0) is 6.42 Å². The number of unbranched alkanes of at least 4 members (excludes halogenated alkanes) is 1. The number of piperidine rings is 1. The average molecular weight is 357 g/mol. The summed E-state index contributed by atoms with van der Waals surface area (Å²) in [4.78, 5) is 6.96. The number of rotatable bonds is 7. The largest absolute Gasteiger partial charge is 0.461 e. The number of likely N-dealkylation sites (tertiary alicyclic amines) is 1. The second kappa shape index (κ2) is 9.62. The Balaban J connectivity index is 1.39. The van der Waals surface area contributed by atoms with Crippen molar-refractivity contribution >= 4 is 16.9 Å². The molecule has 3 rings (SSSR count). The van der Waals surface area contributed by atoms with Gasteiger partial charge in [-0.3, -0.25) is 4.99 Å². The molecule has 5 nitrogen and oxygen atoms in total. The van der Waals surface area contributed by atoms with Crippen LogP contribution in [0.1, 0.15) is 38.4 Å². The second-order valence-corrected chi connectivity index (χ2v) is 7.11. The molecule has 0 atom stereocenters. The van der Waals surface area contributed by atoms with Crippen LogP contribution in [-0.4, -0.2) is 50.1 Å². The SMILES string of the molecule is CCCCN1CCC(NC(=NC)NCCc2cc3ccccc3o2)CC1. The zero-order valence-electron chi connectivity index (χ0n) is 16.1. The first-order valence-corrected chi connectivity index (χ1v) is 9.95. The summed E-state index contributed by atoms with van der Waals surface area (Å²) < 4.78 is 5.87. The van der Waals surface area contributed by atoms with Gasteiger partial charge in [0.2, 0.25) is 0 Å². The van der Waals surface area contributed by atoms with Gasteiger partial charge in [-0.05, 0) is 37.9 Å². The van der Waals surface area contributed by atoms with E-state index in [9.17, 15) is 0 Å². The van der Waals surface area contributed by atoms with Gasteiger partial charge in [-0.1, -0.05) is 31.5 Å². The van der Waals surface area contributed by atoms with Crippen molar-refractivity contribution < 1.29 is 4.42 Å². The zero-order valence-corrected chi connectivity index (χ0v) is 16.1. The van der Waals surface area contributed by atoms with E-state index < -0.39 is 0 Å². The highest BCUT2D eigenvalue weighted by atomic mass is 16.3. The molecule has 1 fully saturated rings. The maximum Gasteiger partial charge on any atom is 0.191 e. The first-order chi connectivity index (χ1) is 12.8. The molecular formula is C21H32N4O. The monoisotopic (exact) mass is 356 g/mol. The van der Waals surface area contributed by atoms with E-state index in [0.717, 1.165) is 30.3 Å². The lowest BCUT2D eigenvalue weighted by molar-refractivity contribution is 0.203. The number of hydrogen-bond acceptors (Lipinski definition) is 3. The molecule has 142 valence electrons. The molecule has 2 heterocycles. The smallest absolute Gasteiger partial charge is 0.191 e. The average Bonchev–Trinajstić information content (AvgIpc) is 3.09. The Labute approximate surface area is 156 Å². The molecule has 0 amide bonds.